The number of hydrogen-bond donors (Lipinski definition) is 0. The fourth-order valence-corrected chi connectivity index (χ4v) is 9.42. The van der Waals surface area contributed by atoms with Crippen LogP contribution in [0.5, 0.6) is 0 Å². The summed E-state index contributed by atoms with van der Waals surface area (Å²) in [6.07, 6.45) is 1.45. The number of halogens is 3. The van der Waals surface area contributed by atoms with E-state index >= 15 is 4.39 Å². The molecule has 286 valence electrons. The number of nitrogens with zero attached hydrogens (tertiary/aromatic N) is 5. The highest BCUT2D eigenvalue weighted by Gasteiger charge is 2.36. The summed E-state index contributed by atoms with van der Waals surface area (Å²) in [5, 5.41) is 0.903. The van der Waals surface area contributed by atoms with Gasteiger partial charge in [0.15, 0.2) is 0 Å². The van der Waals surface area contributed by atoms with Gasteiger partial charge in [0.2, 0.25) is 0 Å². The van der Waals surface area contributed by atoms with Crippen molar-refractivity contribution in [2.24, 2.45) is 5.92 Å². The Hall–Kier alpha value is -4.36. The molecule has 7 rings (SSSR count). The van der Waals surface area contributed by atoms with Crippen LogP contribution in [0.2, 0.25) is 5.02 Å². The number of carbonyl (C=O) groups is 2. The van der Waals surface area contributed by atoms with Crippen LogP contribution < -0.4 is 10.6 Å². The highest BCUT2D eigenvalue weighted by Crippen LogP contribution is 2.49. The van der Waals surface area contributed by atoms with E-state index in [9.17, 15) is 18.8 Å². The van der Waals surface area contributed by atoms with E-state index in [1.54, 1.807) is 20.4 Å². The van der Waals surface area contributed by atoms with E-state index < -0.39 is 29.0 Å². The van der Waals surface area contributed by atoms with Crippen molar-refractivity contribution in [3.8, 4) is 11.1 Å². The maximum atomic E-state index is 15.4. The molecular formula is C40H44ClF2N5O5S. The molecule has 4 aromatic rings. The number of thioether (sulfide) groups is 1. The van der Waals surface area contributed by atoms with Gasteiger partial charge in [-0.05, 0) is 76.6 Å². The first-order valence-corrected chi connectivity index (χ1v) is 19.7. The molecule has 14 heteroatoms. The predicted molar refractivity (Wildman–Crippen MR) is 206 cm³/mol. The number of ether oxygens (including phenoxy) is 2. The Morgan fingerprint density at radius 1 is 0.981 bits per heavy atom. The Labute approximate surface area is 322 Å². The van der Waals surface area contributed by atoms with Gasteiger partial charge in [-0.15, -0.1) is 11.8 Å². The lowest BCUT2D eigenvalue weighted by molar-refractivity contribution is 0.0218. The fraction of sp³-hybridized carbons (Fsp3) is 0.450. The van der Waals surface area contributed by atoms with Gasteiger partial charge in [0.25, 0.3) is 0 Å². The molecule has 0 radical (unpaired) electrons. The van der Waals surface area contributed by atoms with Crippen molar-refractivity contribution in [1.82, 2.24) is 19.4 Å². The number of rotatable bonds is 6. The van der Waals surface area contributed by atoms with Crippen LogP contribution >= 0.6 is 23.4 Å². The SMILES string of the molecule is CC1CN(C(=O)OC(C)(C)C)CCN1c1nc(=O)n2c3c(c(-c4ccc(F)cc4F)c(Cl)cc13)SC[C@@H]2CC1CCN(C(=O)OCc2ccccc2)CC1. The zero-order chi connectivity index (χ0) is 38.3. The normalized spacial score (nSPS) is 19.3. The van der Waals surface area contributed by atoms with Crippen LogP contribution in [0.15, 0.2) is 64.3 Å². The average Bonchev–Trinajstić information content (AvgIpc) is 3.13. The van der Waals surface area contributed by atoms with Crippen LogP contribution in [0.25, 0.3) is 22.0 Å². The highest BCUT2D eigenvalue weighted by molar-refractivity contribution is 7.99. The highest BCUT2D eigenvalue weighted by atomic mass is 35.5. The first kappa shape index (κ1) is 37.9. The Balaban J connectivity index is 1.18. The minimum Gasteiger partial charge on any atom is -0.445 e. The minimum absolute atomic E-state index is 0.146. The van der Waals surface area contributed by atoms with Crippen molar-refractivity contribution in [3.63, 3.8) is 0 Å². The van der Waals surface area contributed by atoms with Gasteiger partial charge in [-0.1, -0.05) is 41.9 Å². The summed E-state index contributed by atoms with van der Waals surface area (Å²) < 4.78 is 42.3. The number of piperidine rings is 1. The third kappa shape index (κ3) is 7.89. The van der Waals surface area contributed by atoms with Crippen molar-refractivity contribution in [2.75, 3.05) is 43.4 Å². The number of likely N-dealkylation sites (tertiary alicyclic amines) is 1. The van der Waals surface area contributed by atoms with Crippen LogP contribution in [-0.4, -0.2) is 81.7 Å². The van der Waals surface area contributed by atoms with Crippen molar-refractivity contribution >= 4 is 52.3 Å². The van der Waals surface area contributed by atoms with Crippen LogP contribution in [-0.2, 0) is 16.1 Å². The fourth-order valence-electron chi connectivity index (χ4n) is 7.71. The first-order chi connectivity index (χ1) is 25.8. The van der Waals surface area contributed by atoms with E-state index in [1.165, 1.54) is 23.9 Å². The average molecular weight is 780 g/mol. The number of benzene rings is 3. The minimum atomic E-state index is -0.751. The number of hydrogen-bond acceptors (Lipinski definition) is 8. The van der Waals surface area contributed by atoms with Gasteiger partial charge in [0.1, 0.15) is 29.7 Å². The molecule has 10 nitrogen and oxygen atoms in total. The molecule has 0 N–H and O–H groups in total. The van der Waals surface area contributed by atoms with Gasteiger partial charge in [0.05, 0.1) is 10.5 Å². The summed E-state index contributed by atoms with van der Waals surface area (Å²) >= 11 is 8.50. The summed E-state index contributed by atoms with van der Waals surface area (Å²) in [4.78, 5) is 50.8. The van der Waals surface area contributed by atoms with Crippen molar-refractivity contribution in [3.05, 3.63) is 87.3 Å². The molecule has 0 spiro atoms. The van der Waals surface area contributed by atoms with Gasteiger partial charge in [-0.2, -0.15) is 4.98 Å². The summed E-state index contributed by atoms with van der Waals surface area (Å²) in [5.41, 5.74) is 1.02. The monoisotopic (exact) mass is 779 g/mol. The van der Waals surface area contributed by atoms with E-state index in [4.69, 9.17) is 21.1 Å². The molecule has 2 amide bonds. The Kier molecular flexibility index (Phi) is 10.8. The van der Waals surface area contributed by atoms with Gasteiger partial charge in [-0.3, -0.25) is 4.57 Å². The molecule has 1 unspecified atom stereocenters. The van der Waals surface area contributed by atoms with Crippen LogP contribution in [0, 0.1) is 17.6 Å². The zero-order valence-electron chi connectivity index (χ0n) is 30.8. The lowest BCUT2D eigenvalue weighted by Crippen LogP contribution is -2.55. The van der Waals surface area contributed by atoms with E-state index in [2.05, 4.69) is 4.98 Å². The Bertz CT molecular complexity index is 2120. The molecular weight excluding hydrogens is 736 g/mol. The van der Waals surface area contributed by atoms with E-state index in [-0.39, 0.29) is 41.3 Å². The van der Waals surface area contributed by atoms with E-state index in [1.807, 2.05) is 62.9 Å². The van der Waals surface area contributed by atoms with Crippen molar-refractivity contribution in [2.45, 2.75) is 76.1 Å². The Morgan fingerprint density at radius 2 is 1.72 bits per heavy atom. The Morgan fingerprint density at radius 3 is 2.41 bits per heavy atom. The standard InChI is InChI=1S/C40H44ClF2N5O5S/c1-24-21-46(39(51)53-40(2,3)4)16-17-47(24)36-30-20-31(41)33(29-11-10-27(42)19-32(29)43)35-34(30)48(37(49)44-36)28(23-54-35)18-25-12-14-45(15-13-25)38(50)52-22-26-8-6-5-7-9-26/h5-11,19-20,24-25,28H,12-18,21-23H2,1-4H3/t24?,28-/m0/s1. The molecule has 3 aromatic carbocycles. The third-order valence-corrected chi connectivity index (χ3v) is 11.9. The summed E-state index contributed by atoms with van der Waals surface area (Å²) in [6, 6.07) is 14.3. The zero-order valence-corrected chi connectivity index (χ0v) is 32.4. The second kappa shape index (κ2) is 15.4. The smallest absolute Gasteiger partial charge is 0.410 e. The molecule has 3 aliphatic heterocycles. The quantitative estimate of drug-likeness (QED) is 0.192. The van der Waals surface area contributed by atoms with Crippen molar-refractivity contribution < 1.29 is 27.8 Å². The summed E-state index contributed by atoms with van der Waals surface area (Å²) in [6.45, 7) is 9.87. The van der Waals surface area contributed by atoms with Crippen LogP contribution in [0.3, 0.4) is 0 Å². The maximum Gasteiger partial charge on any atom is 0.410 e. The molecule has 0 saturated carbocycles. The predicted octanol–water partition coefficient (Wildman–Crippen LogP) is 8.53. The lowest BCUT2D eigenvalue weighted by Gasteiger charge is -2.41. The van der Waals surface area contributed by atoms with Gasteiger partial charge in [-0.25, -0.2) is 23.2 Å². The molecule has 3 aliphatic rings. The molecule has 1 aromatic heterocycles. The molecule has 0 bridgehead atoms. The second-order valence-corrected chi connectivity index (χ2v) is 16.7. The number of piperazine rings is 1. The number of carbonyl (C=O) groups excluding carboxylic acids is 2. The molecule has 54 heavy (non-hydrogen) atoms. The van der Waals surface area contributed by atoms with Gasteiger partial charge < -0.3 is 24.2 Å². The maximum absolute atomic E-state index is 15.4. The van der Waals surface area contributed by atoms with Crippen LogP contribution in [0.1, 0.15) is 58.6 Å². The van der Waals surface area contributed by atoms with E-state index in [0.717, 1.165) is 24.5 Å². The first-order valence-electron chi connectivity index (χ1n) is 18.3. The lowest BCUT2D eigenvalue weighted by atomic mass is 9.90. The molecule has 2 saturated heterocycles. The van der Waals surface area contributed by atoms with Crippen molar-refractivity contribution in [1.29, 1.82) is 0 Å². The van der Waals surface area contributed by atoms with Crippen LogP contribution in [0.4, 0.5) is 24.2 Å². The molecule has 0 aliphatic carbocycles. The van der Waals surface area contributed by atoms with Gasteiger partial charge >= 0.3 is 17.9 Å². The number of aromatic nitrogens is 2. The summed E-state index contributed by atoms with van der Waals surface area (Å²) in [5.74, 6) is -0.254. The second-order valence-electron chi connectivity index (χ2n) is 15.3. The number of anilines is 1. The molecule has 2 fully saturated rings. The summed E-state index contributed by atoms with van der Waals surface area (Å²) in [7, 11) is 0. The van der Waals surface area contributed by atoms with E-state index in [0.29, 0.717) is 72.1 Å². The topological polar surface area (TPSA) is 97.2 Å². The number of amides is 2. The molecule has 2 atom stereocenters. The molecule has 4 heterocycles. The van der Waals surface area contributed by atoms with Gasteiger partial charge in [0, 0.05) is 78.0 Å². The largest absolute Gasteiger partial charge is 0.445 e. The third-order valence-electron chi connectivity index (χ3n) is 10.3.